The van der Waals surface area contributed by atoms with Crippen LogP contribution in [0.15, 0.2) is 0 Å². The second-order valence-electron chi connectivity index (χ2n) is 31.8. The number of aliphatic hydroxyl groups excluding tert-OH is 28. The lowest BCUT2D eigenvalue weighted by molar-refractivity contribution is -0.408. The van der Waals surface area contributed by atoms with Crippen molar-refractivity contribution in [1.29, 1.82) is 0 Å². The molecule has 0 bridgehead atoms. The number of hydrogen-bond acceptors (Lipinski definition) is 51. The lowest BCUT2D eigenvalue weighted by atomic mass is 9.94. The van der Waals surface area contributed by atoms with Crippen LogP contribution in [0.3, 0.4) is 0 Å². The molecule has 0 unspecified atom stereocenters. The summed E-state index contributed by atoms with van der Waals surface area (Å²) in [5, 5.41) is 314. The van der Waals surface area contributed by atoms with Gasteiger partial charge in [-0.3, -0.25) is 9.59 Å². The first-order chi connectivity index (χ1) is 57.4. The minimum Gasteiger partial charge on any atom is -0.454 e. The molecule has 710 valence electrons. The maximum Gasteiger partial charge on any atom is 0.303 e. The third-order valence-electron chi connectivity index (χ3n) is 23.1. The molecule has 0 saturated carbocycles. The number of amides is 1. The molecule has 0 aromatic heterocycles. The zero-order valence-corrected chi connectivity index (χ0v) is 66.8. The summed E-state index contributed by atoms with van der Waals surface area (Å²) in [5.74, 6) is -2.12. The molecule has 10 aliphatic rings. The average molecular weight is 1790 g/mol. The van der Waals surface area contributed by atoms with E-state index in [0.717, 1.165) is 13.8 Å². The third-order valence-corrected chi connectivity index (χ3v) is 23.1. The van der Waals surface area contributed by atoms with Gasteiger partial charge in [0.25, 0.3) is 0 Å². The molecular formula is C70H119NO51. The van der Waals surface area contributed by atoms with E-state index >= 15 is 0 Å². The van der Waals surface area contributed by atoms with Crippen LogP contribution in [-0.4, -0.2) is 526 Å². The largest absolute Gasteiger partial charge is 0.454 e. The number of aliphatic hydroxyl groups is 28. The Hall–Kier alpha value is -2.98. The predicted molar refractivity (Wildman–Crippen MR) is 377 cm³/mol. The molecule has 52 heteroatoms. The van der Waals surface area contributed by atoms with Crippen LogP contribution in [0.2, 0.25) is 0 Å². The van der Waals surface area contributed by atoms with Crippen LogP contribution in [0.5, 0.6) is 0 Å². The Labute approximate surface area is 693 Å². The fraction of sp³-hybridized carbons (Fsp3) is 0.971. The van der Waals surface area contributed by atoms with Crippen molar-refractivity contribution in [1.82, 2.24) is 5.32 Å². The average Bonchev–Trinajstić information content (AvgIpc) is 0.757. The third kappa shape index (κ3) is 21.9. The molecule has 54 atom stereocenters. The number of carbonyl (C=O) groups is 2. The smallest absolute Gasteiger partial charge is 0.303 e. The molecule has 10 rings (SSSR count). The maximum absolute atomic E-state index is 13.3. The Morgan fingerprint density at radius 1 is 0.295 bits per heavy atom. The van der Waals surface area contributed by atoms with Gasteiger partial charge in [-0.15, -0.1) is 0 Å². The van der Waals surface area contributed by atoms with Gasteiger partial charge in [-0.1, -0.05) is 0 Å². The van der Waals surface area contributed by atoms with Crippen LogP contribution in [0, 0.1) is 0 Å². The normalized spacial score (nSPS) is 50.9. The fourth-order valence-corrected chi connectivity index (χ4v) is 15.8. The first kappa shape index (κ1) is 101. The predicted octanol–water partition coefficient (Wildman–Crippen LogP) is -18.5. The molecule has 0 radical (unpaired) electrons. The summed E-state index contributed by atoms with van der Waals surface area (Å²) in [6, 6.07) is -1.92. The highest BCUT2D eigenvalue weighted by molar-refractivity contribution is 5.73. The molecular weight excluding hydrogens is 1670 g/mol. The van der Waals surface area contributed by atoms with Crippen molar-refractivity contribution in [3.8, 4) is 0 Å². The van der Waals surface area contributed by atoms with E-state index in [1.54, 1.807) is 0 Å². The van der Waals surface area contributed by atoms with Crippen LogP contribution in [-0.2, 0) is 109 Å². The Morgan fingerprint density at radius 2 is 0.607 bits per heavy atom. The molecule has 29 N–H and O–H groups in total. The molecule has 10 heterocycles. The minimum absolute atomic E-state index is 0.861. The summed E-state index contributed by atoms with van der Waals surface area (Å²) in [5.41, 5.74) is 0. The summed E-state index contributed by atoms with van der Waals surface area (Å²) in [7, 11) is 0. The summed E-state index contributed by atoms with van der Waals surface area (Å²) in [4.78, 5) is 26.4. The van der Waals surface area contributed by atoms with Crippen LogP contribution in [0.25, 0.3) is 0 Å². The Morgan fingerprint density at radius 3 is 1.07 bits per heavy atom. The highest BCUT2D eigenvalue weighted by Gasteiger charge is 2.62. The van der Waals surface area contributed by atoms with E-state index in [2.05, 4.69) is 5.32 Å². The van der Waals surface area contributed by atoms with Gasteiger partial charge in [0, 0.05) is 13.8 Å². The standard InChI is InChI=1S/C70H119NO51/c1-15-30(81)39(90)44(95)62(103-15)116-53(34(85)23(79)9-72)24(80)14-102-68-58(42(93)33(84)18(4)106-68)122-69-59(48(99)52(20(6)108-69)114-61-29(71-21(7)77)54(35(86)25(10-73)110-61)117-66-49(100)55(36(87)26(11-74)111-66)118-63-45(96)40(91)31(82)16(2)104-63)121-65-47(98)43(94)51(19(5)107-65)115-70-60(109-22(8)78)57(38(89)28(13-76)113-70)120-67-50(101)56(37(88)27(12-75)112-67)119-64-46(97)41(92)32(83)17(3)105-64/h15-20,23-70,72-76,79-101H,9-14H2,1-8H3,(H,71,77)/t15-,16-,17-,18-,19-,20-,23+,24-,25+,26+,27+,28+,29+,30-,31-,32-,33-,34+,35+,36-,37-,38+,39+,40+,41+,42+,43-,44+,45+,46+,47+,48+,49+,50+,51-,52-,53+,54+,55-,56-,57-,58+,59+,60+,61-,62-,63-,64-,65-,66+,67+,68+,69-,70-/m0/s1. The van der Waals surface area contributed by atoms with E-state index in [-0.39, 0.29) is 0 Å². The molecule has 52 nitrogen and oxygen atoms in total. The first-order valence-electron chi connectivity index (χ1n) is 39.6. The summed E-state index contributed by atoms with van der Waals surface area (Å²) >= 11 is 0. The van der Waals surface area contributed by atoms with E-state index in [9.17, 15) is 153 Å². The molecule has 0 aromatic rings. The van der Waals surface area contributed by atoms with Crippen molar-refractivity contribution >= 4 is 11.9 Å². The van der Waals surface area contributed by atoms with Crippen LogP contribution in [0.1, 0.15) is 55.4 Å². The van der Waals surface area contributed by atoms with E-state index in [4.69, 9.17) is 99.5 Å². The number of esters is 1. The van der Waals surface area contributed by atoms with Crippen LogP contribution < -0.4 is 5.32 Å². The summed E-state index contributed by atoms with van der Waals surface area (Å²) in [6.45, 7) is 2.60. The SMILES string of the molecule is CC(=O)N[C@H]1[C@H](O[C@@H]2[C@@H](O)[C@@H](O[C@@H]3O[C@@H](C)[C@H](O[C@@H]4O[C@H](CO)[C@@H](O)[C@H](O[C@H]5O[C@H](CO)[C@H](O)[C@H](O[C@@H]6O[C@@H](C)[C@H](O)[C@@H](O)[C@H]6O)[C@H]5O)[C@H]4OC(C)=O)[C@@H](O)[C@H]3O)[C@H](O[C@H]3[C@H](OC[C@H](O)[C@@H](O[C@@H]4O[C@@H](C)[C@H](O)[C@@H](O)[C@H]4O)[C@H](O)[C@H](O)CO)O[C@@H](C)[C@H](O)[C@H]3O)O[C@H]2C)O[C@H](CO)[C@@H](O)[C@@H]1O[C@H]1O[C@H](CO)[C@H](O)[C@H](O[C@@H]2O[C@@H](C)[C@H](O)[C@@H](O)[C@H]2O)[C@H]1O. The number of carbonyl (C=O) groups excluding carboxylic acids is 2. The Balaban J connectivity index is 0.947. The van der Waals surface area contributed by atoms with Gasteiger partial charge < -0.3 is 248 Å². The van der Waals surface area contributed by atoms with Gasteiger partial charge in [0.15, 0.2) is 69.0 Å². The second kappa shape index (κ2) is 43.4. The second-order valence-corrected chi connectivity index (χ2v) is 31.8. The molecule has 122 heavy (non-hydrogen) atoms. The fourth-order valence-electron chi connectivity index (χ4n) is 15.8. The topological polar surface area (TPSA) is 806 Å². The summed E-state index contributed by atoms with van der Waals surface area (Å²) < 4.78 is 124. The van der Waals surface area contributed by atoms with Crippen molar-refractivity contribution in [3.63, 3.8) is 0 Å². The quantitative estimate of drug-likeness (QED) is 0.0287. The number of rotatable bonds is 31. The van der Waals surface area contributed by atoms with E-state index in [1.165, 1.54) is 41.5 Å². The van der Waals surface area contributed by atoms with E-state index in [1.807, 2.05) is 0 Å². The van der Waals surface area contributed by atoms with Crippen molar-refractivity contribution in [2.24, 2.45) is 0 Å². The molecule has 0 aromatic carbocycles. The first-order valence-corrected chi connectivity index (χ1v) is 39.6. The lowest BCUT2D eigenvalue weighted by Gasteiger charge is -2.51. The molecule has 10 saturated heterocycles. The summed E-state index contributed by atoms with van der Waals surface area (Å²) in [6.07, 6.45) is -105. The molecule has 10 fully saturated rings. The highest BCUT2D eigenvalue weighted by atomic mass is 16.8. The van der Waals surface area contributed by atoms with Gasteiger partial charge in [-0.05, 0) is 41.5 Å². The van der Waals surface area contributed by atoms with Crippen molar-refractivity contribution in [2.45, 2.75) is 387 Å². The van der Waals surface area contributed by atoms with Gasteiger partial charge in [-0.2, -0.15) is 0 Å². The molecule has 0 spiro atoms. The monoisotopic (exact) mass is 1790 g/mol. The zero-order valence-electron chi connectivity index (χ0n) is 66.8. The highest BCUT2D eigenvalue weighted by Crippen LogP contribution is 2.42. The zero-order chi connectivity index (χ0) is 90.1. The minimum atomic E-state index is -2.48. The van der Waals surface area contributed by atoms with Crippen molar-refractivity contribution < 1.29 is 252 Å². The lowest BCUT2D eigenvalue weighted by Crippen LogP contribution is -2.70. The molecule has 0 aliphatic carbocycles. The van der Waals surface area contributed by atoms with Gasteiger partial charge in [0.05, 0.1) is 76.3 Å². The van der Waals surface area contributed by atoms with Gasteiger partial charge in [0.1, 0.15) is 226 Å². The number of nitrogens with one attached hydrogen (secondary N) is 1. The molecule has 10 aliphatic heterocycles. The number of ether oxygens (including phenoxy) is 21. The van der Waals surface area contributed by atoms with Crippen molar-refractivity contribution in [2.75, 3.05) is 39.6 Å². The van der Waals surface area contributed by atoms with Crippen LogP contribution in [0.4, 0.5) is 0 Å². The van der Waals surface area contributed by atoms with E-state index in [0.29, 0.717) is 0 Å². The van der Waals surface area contributed by atoms with E-state index < -0.39 is 383 Å². The number of hydrogen-bond donors (Lipinski definition) is 29. The van der Waals surface area contributed by atoms with Crippen molar-refractivity contribution in [3.05, 3.63) is 0 Å². The van der Waals surface area contributed by atoms with Crippen LogP contribution >= 0.6 is 0 Å². The maximum atomic E-state index is 13.3. The Kier molecular flexibility index (Phi) is 36.0. The Bertz CT molecular complexity index is 3210. The van der Waals surface area contributed by atoms with Gasteiger partial charge in [-0.25, -0.2) is 0 Å². The molecule has 1 amide bonds. The van der Waals surface area contributed by atoms with Gasteiger partial charge >= 0.3 is 5.97 Å². The van der Waals surface area contributed by atoms with Gasteiger partial charge in [0.2, 0.25) is 5.91 Å².